The average molecular weight is 444 g/mol. The quantitative estimate of drug-likeness (QED) is 0.631. The average Bonchev–Trinajstić information content (AvgIpc) is 3.43. The van der Waals surface area contributed by atoms with Gasteiger partial charge < -0.3 is 20.1 Å². The Morgan fingerprint density at radius 1 is 1.16 bits per heavy atom. The number of halogens is 3. The van der Waals surface area contributed by atoms with Crippen molar-refractivity contribution in [2.45, 2.75) is 31.2 Å². The molecule has 2 atom stereocenters. The number of nitrogens with one attached hydrogen (secondary N) is 2. The zero-order chi connectivity index (χ0) is 22.3. The van der Waals surface area contributed by atoms with Crippen molar-refractivity contribution in [2.24, 2.45) is 0 Å². The third-order valence-electron chi connectivity index (χ3n) is 5.58. The fraction of sp³-hybridized carbons (Fsp3) is 0.273. The number of ether oxygens (including phenoxy) is 2. The molecular weight excluding hydrogens is 425 g/mol. The van der Waals surface area contributed by atoms with Crippen LogP contribution in [0.1, 0.15) is 40.0 Å². The Balaban J connectivity index is 1.39. The Hall–Kier alpha value is -3.69. The van der Waals surface area contributed by atoms with Gasteiger partial charge in [0.1, 0.15) is 11.4 Å². The predicted octanol–water partition coefficient (Wildman–Crippen LogP) is 4.20. The number of carbonyl (C=O) groups is 1. The first-order chi connectivity index (χ1) is 15.4. The molecule has 166 valence electrons. The van der Waals surface area contributed by atoms with Gasteiger partial charge in [0, 0.05) is 13.0 Å². The standard InChI is InChI=1S/C22H19F3N4O3/c23-22(24,25)19-9-16(14-4-2-1-3-5-14)28-20-15(11-27-29(19)20)21(30)26-10-13-6-7-17-18(8-13)32-12-31-17/h1-8,11,16,19,28H,9-10,12H2,(H,26,30)/t16-,19-/m1/s1. The van der Waals surface area contributed by atoms with E-state index < -0.39 is 24.2 Å². The number of carbonyl (C=O) groups excluding carboxylic acids is 1. The van der Waals surface area contributed by atoms with E-state index in [1.54, 1.807) is 48.5 Å². The van der Waals surface area contributed by atoms with Crippen LogP contribution < -0.4 is 20.1 Å². The summed E-state index contributed by atoms with van der Waals surface area (Å²) in [5.74, 6) is 0.738. The molecular formula is C22H19F3N4O3. The number of fused-ring (bicyclic) bond motifs is 2. The van der Waals surface area contributed by atoms with Gasteiger partial charge in [0.25, 0.3) is 5.91 Å². The first kappa shape index (κ1) is 20.2. The van der Waals surface area contributed by atoms with Crippen LogP contribution in [0.15, 0.2) is 54.7 Å². The summed E-state index contributed by atoms with van der Waals surface area (Å²) in [5.41, 5.74) is 1.54. The molecule has 3 heterocycles. The molecule has 10 heteroatoms. The summed E-state index contributed by atoms with van der Waals surface area (Å²) in [4.78, 5) is 12.8. The van der Waals surface area contributed by atoms with E-state index in [0.717, 1.165) is 10.2 Å². The molecule has 32 heavy (non-hydrogen) atoms. The molecule has 0 bridgehead atoms. The Morgan fingerprint density at radius 3 is 2.72 bits per heavy atom. The normalized spacial score (nSPS) is 19.2. The molecule has 3 aromatic rings. The minimum Gasteiger partial charge on any atom is -0.454 e. The highest BCUT2D eigenvalue weighted by atomic mass is 19.4. The van der Waals surface area contributed by atoms with E-state index in [0.29, 0.717) is 17.1 Å². The zero-order valence-electron chi connectivity index (χ0n) is 16.7. The van der Waals surface area contributed by atoms with Gasteiger partial charge in [-0.15, -0.1) is 0 Å². The maximum atomic E-state index is 13.8. The summed E-state index contributed by atoms with van der Waals surface area (Å²) in [7, 11) is 0. The lowest BCUT2D eigenvalue weighted by molar-refractivity contribution is -0.173. The summed E-state index contributed by atoms with van der Waals surface area (Å²) < 4.78 is 52.8. The smallest absolute Gasteiger partial charge is 0.410 e. The van der Waals surface area contributed by atoms with Gasteiger partial charge in [0.2, 0.25) is 6.79 Å². The molecule has 0 spiro atoms. The second-order valence-electron chi connectivity index (χ2n) is 7.62. The van der Waals surface area contributed by atoms with Crippen molar-refractivity contribution >= 4 is 11.7 Å². The van der Waals surface area contributed by atoms with E-state index in [9.17, 15) is 18.0 Å². The molecule has 0 fully saturated rings. The van der Waals surface area contributed by atoms with Gasteiger partial charge in [-0.25, -0.2) is 4.68 Å². The molecule has 0 saturated carbocycles. The maximum absolute atomic E-state index is 13.8. The molecule has 1 aromatic heterocycles. The number of hydrogen-bond acceptors (Lipinski definition) is 5. The van der Waals surface area contributed by atoms with E-state index in [2.05, 4.69) is 15.7 Å². The minimum absolute atomic E-state index is 0.0515. The molecule has 0 unspecified atom stereocenters. The van der Waals surface area contributed by atoms with Crippen LogP contribution in [0.25, 0.3) is 0 Å². The minimum atomic E-state index is -4.50. The molecule has 1 amide bonds. The van der Waals surface area contributed by atoms with Crippen LogP contribution in [0.5, 0.6) is 11.5 Å². The van der Waals surface area contributed by atoms with Crippen LogP contribution in [0.4, 0.5) is 19.0 Å². The largest absolute Gasteiger partial charge is 0.454 e. The van der Waals surface area contributed by atoms with Gasteiger partial charge in [-0.05, 0) is 23.3 Å². The van der Waals surface area contributed by atoms with Gasteiger partial charge in [-0.2, -0.15) is 18.3 Å². The summed E-state index contributed by atoms with van der Waals surface area (Å²) >= 11 is 0. The number of aromatic nitrogens is 2. The van der Waals surface area contributed by atoms with Crippen molar-refractivity contribution in [2.75, 3.05) is 12.1 Å². The van der Waals surface area contributed by atoms with E-state index >= 15 is 0 Å². The number of hydrogen-bond donors (Lipinski definition) is 2. The van der Waals surface area contributed by atoms with Crippen molar-refractivity contribution in [3.8, 4) is 11.5 Å². The third kappa shape index (κ3) is 3.72. The van der Waals surface area contributed by atoms with Crippen molar-refractivity contribution in [1.82, 2.24) is 15.1 Å². The Bertz CT molecular complexity index is 1150. The van der Waals surface area contributed by atoms with Gasteiger partial charge in [0.05, 0.1) is 12.2 Å². The second-order valence-corrected chi connectivity index (χ2v) is 7.62. The lowest BCUT2D eigenvalue weighted by atomic mass is 9.96. The molecule has 0 aliphatic carbocycles. The van der Waals surface area contributed by atoms with E-state index in [1.807, 2.05) is 0 Å². The van der Waals surface area contributed by atoms with Crippen LogP contribution in [-0.2, 0) is 6.54 Å². The molecule has 7 nitrogen and oxygen atoms in total. The summed E-state index contributed by atoms with van der Waals surface area (Å²) in [6.07, 6.45) is -3.56. The summed E-state index contributed by atoms with van der Waals surface area (Å²) in [6, 6.07) is 11.7. The molecule has 2 aliphatic heterocycles. The fourth-order valence-electron chi connectivity index (χ4n) is 3.96. The molecule has 2 N–H and O–H groups in total. The topological polar surface area (TPSA) is 77.4 Å². The van der Waals surface area contributed by atoms with Crippen LogP contribution in [0.3, 0.4) is 0 Å². The third-order valence-corrected chi connectivity index (χ3v) is 5.58. The Kier molecular flexibility index (Phi) is 4.91. The van der Waals surface area contributed by atoms with E-state index in [4.69, 9.17) is 9.47 Å². The number of anilines is 1. The number of benzene rings is 2. The van der Waals surface area contributed by atoms with Gasteiger partial charge in [-0.1, -0.05) is 36.4 Å². The maximum Gasteiger partial charge on any atom is 0.410 e. The summed E-state index contributed by atoms with van der Waals surface area (Å²) in [6.45, 7) is 0.313. The van der Waals surface area contributed by atoms with Gasteiger partial charge in [-0.3, -0.25) is 4.79 Å². The molecule has 0 radical (unpaired) electrons. The van der Waals surface area contributed by atoms with Crippen molar-refractivity contribution < 1.29 is 27.4 Å². The summed E-state index contributed by atoms with van der Waals surface area (Å²) in [5, 5.41) is 9.71. The molecule has 5 rings (SSSR count). The highest BCUT2D eigenvalue weighted by Gasteiger charge is 2.47. The molecule has 2 aliphatic rings. The Morgan fingerprint density at radius 2 is 1.94 bits per heavy atom. The van der Waals surface area contributed by atoms with Crippen molar-refractivity contribution in [1.29, 1.82) is 0 Å². The molecule has 0 saturated heterocycles. The number of nitrogens with zero attached hydrogens (tertiary/aromatic N) is 2. The lowest BCUT2D eigenvalue weighted by Crippen LogP contribution is -2.36. The Labute approximate surface area is 181 Å². The highest BCUT2D eigenvalue weighted by Crippen LogP contribution is 2.44. The van der Waals surface area contributed by atoms with Gasteiger partial charge in [0.15, 0.2) is 17.5 Å². The first-order valence-corrected chi connectivity index (χ1v) is 10.0. The molecule has 2 aromatic carbocycles. The number of amides is 1. The van der Waals surface area contributed by atoms with Crippen LogP contribution >= 0.6 is 0 Å². The number of alkyl halides is 3. The van der Waals surface area contributed by atoms with Crippen molar-refractivity contribution in [3.63, 3.8) is 0 Å². The lowest BCUT2D eigenvalue weighted by Gasteiger charge is -2.34. The highest BCUT2D eigenvalue weighted by molar-refractivity contribution is 5.98. The van der Waals surface area contributed by atoms with E-state index in [1.165, 1.54) is 6.20 Å². The monoisotopic (exact) mass is 444 g/mol. The van der Waals surface area contributed by atoms with Crippen LogP contribution in [0.2, 0.25) is 0 Å². The fourth-order valence-corrected chi connectivity index (χ4v) is 3.96. The van der Waals surface area contributed by atoms with Gasteiger partial charge >= 0.3 is 6.18 Å². The first-order valence-electron chi connectivity index (χ1n) is 10.0. The van der Waals surface area contributed by atoms with Crippen LogP contribution in [-0.4, -0.2) is 28.7 Å². The second kappa shape index (κ2) is 7.77. The van der Waals surface area contributed by atoms with E-state index in [-0.39, 0.29) is 31.1 Å². The van der Waals surface area contributed by atoms with Crippen molar-refractivity contribution in [3.05, 3.63) is 71.4 Å². The van der Waals surface area contributed by atoms with Crippen LogP contribution in [0, 0.1) is 0 Å². The zero-order valence-corrected chi connectivity index (χ0v) is 16.7. The SMILES string of the molecule is O=C(NCc1ccc2c(c1)OCO2)c1cnn2c1N[C@@H](c1ccccc1)C[C@@H]2C(F)(F)F. The predicted molar refractivity (Wildman–Crippen MR) is 108 cm³/mol. The number of rotatable bonds is 4.